The molecule has 0 aromatic carbocycles. The Morgan fingerprint density at radius 2 is 2.43 bits per heavy atom. The second kappa shape index (κ2) is 4.75. The molecule has 0 spiro atoms. The second-order valence-electron chi connectivity index (χ2n) is 4.10. The molecule has 0 bridgehead atoms. The number of carbonyl (C=O) groups is 1. The Bertz CT molecular complexity index is 198. The lowest BCUT2D eigenvalue weighted by molar-refractivity contribution is -0.151. The third-order valence-corrected chi connectivity index (χ3v) is 2.67. The molecule has 1 fully saturated rings. The van der Waals surface area contributed by atoms with E-state index in [0.29, 0.717) is 25.6 Å². The van der Waals surface area contributed by atoms with Crippen molar-refractivity contribution in [3.05, 3.63) is 0 Å². The van der Waals surface area contributed by atoms with Gasteiger partial charge in [0, 0.05) is 12.5 Å². The average Bonchev–Trinajstić information content (AvgIpc) is 2.66. The van der Waals surface area contributed by atoms with Gasteiger partial charge in [0.15, 0.2) is 0 Å². The largest absolute Gasteiger partial charge is 0.464 e. The average molecular weight is 201 g/mol. The van der Waals surface area contributed by atoms with Gasteiger partial charge in [-0.2, -0.15) is 0 Å². The minimum Gasteiger partial charge on any atom is -0.464 e. The van der Waals surface area contributed by atoms with Gasteiger partial charge < -0.3 is 15.2 Å². The van der Waals surface area contributed by atoms with Gasteiger partial charge in [-0.3, -0.25) is 4.79 Å². The molecule has 0 aromatic heterocycles. The van der Waals surface area contributed by atoms with E-state index in [2.05, 4.69) is 0 Å². The molecule has 1 aliphatic rings. The first-order valence-corrected chi connectivity index (χ1v) is 5.10. The van der Waals surface area contributed by atoms with Crippen molar-refractivity contribution in [2.24, 2.45) is 11.7 Å². The lowest BCUT2D eigenvalue weighted by atomic mass is 10.0. The van der Waals surface area contributed by atoms with E-state index in [1.165, 1.54) is 0 Å². The molecule has 1 saturated heterocycles. The Labute approximate surface area is 84.7 Å². The highest BCUT2D eigenvalue weighted by atomic mass is 16.5. The van der Waals surface area contributed by atoms with Crippen LogP contribution in [-0.2, 0) is 14.3 Å². The SMILES string of the molecule is CCC(C)(N)C(=O)OCC1CCOC1. The molecule has 2 unspecified atom stereocenters. The van der Waals surface area contributed by atoms with Gasteiger partial charge in [-0.1, -0.05) is 6.92 Å². The van der Waals surface area contributed by atoms with E-state index >= 15 is 0 Å². The Morgan fingerprint density at radius 1 is 1.71 bits per heavy atom. The van der Waals surface area contributed by atoms with Crippen LogP contribution in [0.15, 0.2) is 0 Å². The Kier molecular flexibility index (Phi) is 3.89. The molecular formula is C10H19NO3. The molecule has 4 nitrogen and oxygen atoms in total. The minimum atomic E-state index is -0.848. The lowest BCUT2D eigenvalue weighted by Gasteiger charge is -2.21. The van der Waals surface area contributed by atoms with Crippen LogP contribution in [-0.4, -0.2) is 31.3 Å². The summed E-state index contributed by atoms with van der Waals surface area (Å²) in [6.45, 7) is 5.47. The fraction of sp³-hybridized carbons (Fsp3) is 0.900. The van der Waals surface area contributed by atoms with Gasteiger partial charge >= 0.3 is 5.97 Å². The van der Waals surface area contributed by atoms with Crippen LogP contribution in [0.5, 0.6) is 0 Å². The smallest absolute Gasteiger partial charge is 0.325 e. The predicted molar refractivity (Wildman–Crippen MR) is 52.8 cm³/mol. The predicted octanol–water partition coefficient (Wildman–Crippen LogP) is 0.694. The van der Waals surface area contributed by atoms with Gasteiger partial charge in [0.2, 0.25) is 0 Å². The summed E-state index contributed by atoms with van der Waals surface area (Å²) in [5, 5.41) is 0. The summed E-state index contributed by atoms with van der Waals surface area (Å²) in [5.41, 5.74) is 4.89. The second-order valence-corrected chi connectivity index (χ2v) is 4.10. The van der Waals surface area contributed by atoms with E-state index in [1.807, 2.05) is 6.92 Å². The van der Waals surface area contributed by atoms with E-state index in [1.54, 1.807) is 6.92 Å². The summed E-state index contributed by atoms with van der Waals surface area (Å²) in [5.74, 6) is 0.0403. The van der Waals surface area contributed by atoms with Gasteiger partial charge in [-0.15, -0.1) is 0 Å². The van der Waals surface area contributed by atoms with E-state index < -0.39 is 5.54 Å². The quantitative estimate of drug-likeness (QED) is 0.680. The lowest BCUT2D eigenvalue weighted by Crippen LogP contribution is -2.45. The summed E-state index contributed by atoms with van der Waals surface area (Å²) in [4.78, 5) is 11.5. The van der Waals surface area contributed by atoms with Crippen molar-refractivity contribution in [3.8, 4) is 0 Å². The molecule has 2 N–H and O–H groups in total. The Morgan fingerprint density at radius 3 is 2.93 bits per heavy atom. The Balaban J connectivity index is 2.26. The van der Waals surface area contributed by atoms with Crippen LogP contribution in [0.2, 0.25) is 0 Å². The van der Waals surface area contributed by atoms with Gasteiger partial charge in [0.05, 0.1) is 13.2 Å². The number of rotatable bonds is 4. The number of ether oxygens (including phenoxy) is 2. The number of carbonyl (C=O) groups excluding carboxylic acids is 1. The number of esters is 1. The molecule has 0 amide bonds. The normalized spacial score (nSPS) is 25.8. The van der Waals surface area contributed by atoms with Gasteiger partial charge in [-0.05, 0) is 19.8 Å². The maximum absolute atomic E-state index is 11.5. The van der Waals surface area contributed by atoms with Crippen molar-refractivity contribution in [3.63, 3.8) is 0 Å². The maximum atomic E-state index is 11.5. The zero-order valence-electron chi connectivity index (χ0n) is 8.91. The van der Waals surface area contributed by atoms with E-state index in [-0.39, 0.29) is 5.97 Å². The molecule has 0 aromatic rings. The van der Waals surface area contributed by atoms with E-state index in [4.69, 9.17) is 15.2 Å². The summed E-state index contributed by atoms with van der Waals surface area (Å²) < 4.78 is 10.3. The highest BCUT2D eigenvalue weighted by Crippen LogP contribution is 2.14. The van der Waals surface area contributed by atoms with Crippen molar-refractivity contribution in [2.45, 2.75) is 32.2 Å². The molecule has 4 heteroatoms. The van der Waals surface area contributed by atoms with Crippen molar-refractivity contribution >= 4 is 5.97 Å². The maximum Gasteiger partial charge on any atom is 0.325 e. The van der Waals surface area contributed by atoms with Crippen molar-refractivity contribution in [1.29, 1.82) is 0 Å². The molecule has 0 aliphatic carbocycles. The fourth-order valence-electron chi connectivity index (χ4n) is 1.22. The van der Waals surface area contributed by atoms with Crippen molar-refractivity contribution in [1.82, 2.24) is 0 Å². The number of hydrogen-bond acceptors (Lipinski definition) is 4. The van der Waals surface area contributed by atoms with Crippen LogP contribution < -0.4 is 5.73 Å². The fourth-order valence-corrected chi connectivity index (χ4v) is 1.22. The first kappa shape index (κ1) is 11.5. The molecule has 1 rings (SSSR count). The highest BCUT2D eigenvalue weighted by molar-refractivity contribution is 5.79. The van der Waals surface area contributed by atoms with Gasteiger partial charge in [0.25, 0.3) is 0 Å². The molecule has 2 atom stereocenters. The van der Waals surface area contributed by atoms with Crippen molar-refractivity contribution < 1.29 is 14.3 Å². The molecule has 0 radical (unpaired) electrons. The van der Waals surface area contributed by atoms with Crippen LogP contribution in [0.25, 0.3) is 0 Å². The first-order chi connectivity index (χ1) is 6.56. The molecule has 0 saturated carbocycles. The van der Waals surface area contributed by atoms with Crippen LogP contribution in [0.3, 0.4) is 0 Å². The molecule has 82 valence electrons. The minimum absolute atomic E-state index is 0.313. The molecule has 1 heterocycles. The standard InChI is InChI=1S/C10H19NO3/c1-3-10(2,11)9(12)14-7-8-4-5-13-6-8/h8H,3-7,11H2,1-2H3. The summed E-state index contributed by atoms with van der Waals surface area (Å²) in [6.07, 6.45) is 1.56. The molecule has 1 aliphatic heterocycles. The topological polar surface area (TPSA) is 61.6 Å². The first-order valence-electron chi connectivity index (χ1n) is 5.10. The number of hydrogen-bond donors (Lipinski definition) is 1. The van der Waals surface area contributed by atoms with E-state index in [9.17, 15) is 4.79 Å². The summed E-state index contributed by atoms with van der Waals surface area (Å²) in [6, 6.07) is 0. The zero-order chi connectivity index (χ0) is 10.6. The zero-order valence-corrected chi connectivity index (χ0v) is 8.91. The Hall–Kier alpha value is -0.610. The molecule has 14 heavy (non-hydrogen) atoms. The van der Waals surface area contributed by atoms with Crippen molar-refractivity contribution in [2.75, 3.05) is 19.8 Å². The third-order valence-electron chi connectivity index (χ3n) is 2.67. The highest BCUT2D eigenvalue weighted by Gasteiger charge is 2.29. The van der Waals surface area contributed by atoms with Crippen LogP contribution in [0, 0.1) is 5.92 Å². The molecular weight excluding hydrogens is 182 g/mol. The summed E-state index contributed by atoms with van der Waals surface area (Å²) >= 11 is 0. The third kappa shape index (κ3) is 2.96. The van der Waals surface area contributed by atoms with Crippen LogP contribution in [0.1, 0.15) is 26.7 Å². The van der Waals surface area contributed by atoms with Crippen LogP contribution >= 0.6 is 0 Å². The monoisotopic (exact) mass is 201 g/mol. The van der Waals surface area contributed by atoms with Gasteiger partial charge in [0.1, 0.15) is 5.54 Å². The summed E-state index contributed by atoms with van der Waals surface area (Å²) in [7, 11) is 0. The van der Waals surface area contributed by atoms with Gasteiger partial charge in [-0.25, -0.2) is 0 Å². The van der Waals surface area contributed by atoms with Crippen LogP contribution in [0.4, 0.5) is 0 Å². The number of nitrogens with two attached hydrogens (primary N) is 1. The van der Waals surface area contributed by atoms with E-state index in [0.717, 1.165) is 13.0 Å².